The van der Waals surface area contributed by atoms with Crippen LogP contribution in [0.4, 0.5) is 0 Å². The topological polar surface area (TPSA) is 25.1 Å². The van der Waals surface area contributed by atoms with E-state index in [2.05, 4.69) is 20.8 Å². The van der Waals surface area contributed by atoms with Gasteiger partial charge in [-0.2, -0.15) is 0 Å². The van der Waals surface area contributed by atoms with Crippen molar-refractivity contribution >= 4 is 0 Å². The summed E-state index contributed by atoms with van der Waals surface area (Å²) in [5.74, 6) is 0. The highest BCUT2D eigenvalue weighted by Gasteiger charge is 2.40. The minimum Gasteiger partial charge on any atom is -0.373 e. The first-order valence-electron chi connectivity index (χ1n) is 5.02. The maximum absolute atomic E-state index is 5.19. The summed E-state index contributed by atoms with van der Waals surface area (Å²) in [6, 6.07) is 0. The number of rotatable bonds is 3. The lowest BCUT2D eigenvalue weighted by atomic mass is 10.1. The van der Waals surface area contributed by atoms with Gasteiger partial charge in [0, 0.05) is 0 Å². The van der Waals surface area contributed by atoms with Gasteiger partial charge in [0.15, 0.2) is 0 Å². The van der Waals surface area contributed by atoms with Crippen LogP contribution < -0.4 is 0 Å². The zero-order chi connectivity index (χ0) is 9.03. The molecule has 0 radical (unpaired) electrons. The fourth-order valence-corrected chi connectivity index (χ4v) is 1.06. The minimum atomic E-state index is 0. The lowest BCUT2D eigenvalue weighted by Crippen LogP contribution is -2.05. The second-order valence-electron chi connectivity index (χ2n) is 3.54. The summed E-state index contributed by atoms with van der Waals surface area (Å²) in [6.07, 6.45) is 4.20. The first kappa shape index (κ1) is 16.4. The molecule has 0 aromatic heterocycles. The minimum absolute atomic E-state index is 0. The summed E-state index contributed by atoms with van der Waals surface area (Å²) >= 11 is 0. The average molecular weight is 204 g/mol. The van der Waals surface area contributed by atoms with Crippen LogP contribution in [-0.2, 0) is 9.47 Å². The van der Waals surface area contributed by atoms with Crippen molar-refractivity contribution in [3.8, 4) is 0 Å². The summed E-state index contributed by atoms with van der Waals surface area (Å²) < 4.78 is 10.1. The SMILES string of the molecule is C.C.CCC1(CC)CO1.CCC1CO1. The Balaban J connectivity index is 0. The van der Waals surface area contributed by atoms with Gasteiger partial charge in [-0.25, -0.2) is 0 Å². The predicted molar refractivity (Wildman–Crippen MR) is 62.8 cm³/mol. The molecule has 2 saturated heterocycles. The van der Waals surface area contributed by atoms with Crippen molar-refractivity contribution in [1.29, 1.82) is 0 Å². The van der Waals surface area contributed by atoms with E-state index in [4.69, 9.17) is 9.47 Å². The second kappa shape index (κ2) is 7.24. The Morgan fingerprint density at radius 3 is 1.57 bits per heavy atom. The third-order valence-electron chi connectivity index (χ3n) is 2.70. The van der Waals surface area contributed by atoms with E-state index < -0.39 is 0 Å². The third kappa shape index (κ3) is 5.61. The van der Waals surface area contributed by atoms with Crippen molar-refractivity contribution in [2.24, 2.45) is 0 Å². The maximum Gasteiger partial charge on any atom is 0.0911 e. The van der Waals surface area contributed by atoms with E-state index in [1.54, 1.807) is 0 Å². The molecule has 2 aliphatic heterocycles. The lowest BCUT2D eigenvalue weighted by Gasteiger charge is -2.00. The zero-order valence-electron chi connectivity index (χ0n) is 8.43. The fourth-order valence-electron chi connectivity index (χ4n) is 1.06. The van der Waals surface area contributed by atoms with E-state index in [0.29, 0.717) is 11.7 Å². The van der Waals surface area contributed by atoms with Crippen molar-refractivity contribution in [1.82, 2.24) is 0 Å². The molecule has 0 bridgehead atoms. The Morgan fingerprint density at radius 1 is 1.14 bits per heavy atom. The molecular formula is C12H28O2. The van der Waals surface area contributed by atoms with Gasteiger partial charge in [-0.3, -0.25) is 0 Å². The molecule has 2 rings (SSSR count). The first-order valence-corrected chi connectivity index (χ1v) is 5.02. The van der Waals surface area contributed by atoms with E-state index in [0.717, 1.165) is 13.2 Å². The number of hydrogen-bond acceptors (Lipinski definition) is 2. The molecule has 2 heterocycles. The van der Waals surface area contributed by atoms with Crippen molar-refractivity contribution in [2.45, 2.75) is 66.6 Å². The second-order valence-corrected chi connectivity index (χ2v) is 3.54. The van der Waals surface area contributed by atoms with E-state index >= 15 is 0 Å². The molecule has 0 saturated carbocycles. The van der Waals surface area contributed by atoms with E-state index in [1.807, 2.05) is 0 Å². The summed E-state index contributed by atoms with van der Waals surface area (Å²) in [5.41, 5.74) is 0.333. The van der Waals surface area contributed by atoms with Crippen molar-refractivity contribution in [3.63, 3.8) is 0 Å². The summed E-state index contributed by atoms with van der Waals surface area (Å²) in [5, 5.41) is 0. The van der Waals surface area contributed by atoms with Gasteiger partial charge in [-0.1, -0.05) is 35.6 Å². The Hall–Kier alpha value is -0.0800. The maximum atomic E-state index is 5.19. The van der Waals surface area contributed by atoms with Gasteiger partial charge in [-0.15, -0.1) is 0 Å². The molecule has 1 atom stereocenters. The molecule has 0 N–H and O–H groups in total. The summed E-state index contributed by atoms with van der Waals surface area (Å²) in [7, 11) is 0. The van der Waals surface area contributed by atoms with Crippen LogP contribution in [0.25, 0.3) is 0 Å². The Kier molecular flexibility index (Phi) is 8.46. The molecule has 2 fully saturated rings. The molecule has 14 heavy (non-hydrogen) atoms. The first-order chi connectivity index (χ1) is 5.76. The van der Waals surface area contributed by atoms with Crippen LogP contribution in [0.1, 0.15) is 54.9 Å². The molecule has 0 amide bonds. The Bertz CT molecular complexity index is 120. The van der Waals surface area contributed by atoms with Crippen LogP contribution in [0.3, 0.4) is 0 Å². The Morgan fingerprint density at radius 2 is 1.57 bits per heavy atom. The molecule has 2 heteroatoms. The predicted octanol–water partition coefficient (Wildman–Crippen LogP) is 3.64. The van der Waals surface area contributed by atoms with Gasteiger partial charge >= 0.3 is 0 Å². The van der Waals surface area contributed by atoms with Gasteiger partial charge in [0.25, 0.3) is 0 Å². The van der Waals surface area contributed by atoms with E-state index in [9.17, 15) is 0 Å². The largest absolute Gasteiger partial charge is 0.373 e. The smallest absolute Gasteiger partial charge is 0.0911 e. The lowest BCUT2D eigenvalue weighted by molar-refractivity contribution is 0.289. The molecule has 0 aromatic rings. The standard InChI is InChI=1S/C6H12O.C4H8O.2CH4/c1-3-6(4-2)5-7-6;1-2-4-3-5-4;;/h3-5H2,1-2H3;4H,2-3H2,1H3;2*1H4. The van der Waals surface area contributed by atoms with Crippen molar-refractivity contribution in [2.75, 3.05) is 13.2 Å². The summed E-state index contributed by atoms with van der Waals surface area (Å²) in [6.45, 7) is 8.50. The van der Waals surface area contributed by atoms with Gasteiger partial charge in [0.05, 0.1) is 24.9 Å². The van der Waals surface area contributed by atoms with Gasteiger partial charge in [-0.05, 0) is 19.3 Å². The summed E-state index contributed by atoms with van der Waals surface area (Å²) in [4.78, 5) is 0. The van der Waals surface area contributed by atoms with Crippen molar-refractivity contribution < 1.29 is 9.47 Å². The molecular weight excluding hydrogens is 176 g/mol. The molecule has 1 unspecified atom stereocenters. The number of ether oxygens (including phenoxy) is 2. The van der Waals surface area contributed by atoms with E-state index in [1.165, 1.54) is 19.3 Å². The number of hydrogen-bond donors (Lipinski definition) is 0. The average Bonchev–Trinajstić information content (AvgIpc) is 3.01. The highest BCUT2D eigenvalue weighted by molar-refractivity contribution is 4.88. The van der Waals surface area contributed by atoms with Crippen molar-refractivity contribution in [3.05, 3.63) is 0 Å². The molecule has 88 valence electrons. The number of epoxide rings is 2. The quantitative estimate of drug-likeness (QED) is 0.656. The fraction of sp³-hybridized carbons (Fsp3) is 1.00. The molecule has 0 aromatic carbocycles. The van der Waals surface area contributed by atoms with Gasteiger partial charge in [0.2, 0.25) is 0 Å². The van der Waals surface area contributed by atoms with Crippen LogP contribution >= 0.6 is 0 Å². The molecule has 0 spiro atoms. The van der Waals surface area contributed by atoms with Crippen LogP contribution in [0, 0.1) is 0 Å². The molecule has 2 nitrogen and oxygen atoms in total. The highest BCUT2D eigenvalue weighted by atomic mass is 16.6. The third-order valence-corrected chi connectivity index (χ3v) is 2.70. The van der Waals surface area contributed by atoms with Crippen LogP contribution in [0.5, 0.6) is 0 Å². The van der Waals surface area contributed by atoms with Gasteiger partial charge in [0.1, 0.15) is 0 Å². The van der Waals surface area contributed by atoms with Crippen LogP contribution in [0.2, 0.25) is 0 Å². The zero-order valence-corrected chi connectivity index (χ0v) is 8.43. The van der Waals surface area contributed by atoms with Gasteiger partial charge < -0.3 is 9.47 Å². The molecule has 0 aliphatic carbocycles. The van der Waals surface area contributed by atoms with Crippen LogP contribution in [-0.4, -0.2) is 24.9 Å². The monoisotopic (exact) mass is 204 g/mol. The molecule has 2 aliphatic rings. The van der Waals surface area contributed by atoms with E-state index in [-0.39, 0.29) is 14.9 Å². The van der Waals surface area contributed by atoms with Crippen LogP contribution in [0.15, 0.2) is 0 Å². The Labute approximate surface area is 90.0 Å². The normalized spacial score (nSPS) is 24.6. The highest BCUT2D eigenvalue weighted by Crippen LogP contribution is 2.33.